The second-order valence-corrected chi connectivity index (χ2v) is 5.57. The number of hydrogen-bond acceptors (Lipinski definition) is 6. The Kier molecular flexibility index (Phi) is 5.04. The number of aromatic nitrogens is 5. The zero-order chi connectivity index (χ0) is 19.6. The van der Waals surface area contributed by atoms with Gasteiger partial charge >= 0.3 is 6.36 Å². The molecule has 1 atom stereocenters. The summed E-state index contributed by atoms with van der Waals surface area (Å²) in [5, 5.41) is 21.2. The first kappa shape index (κ1) is 18.7. The fourth-order valence-corrected chi connectivity index (χ4v) is 2.24. The largest absolute Gasteiger partial charge is 0.573 e. The molecule has 0 amide bonds. The Morgan fingerprint density at radius 2 is 2.00 bits per heavy atom. The Morgan fingerprint density at radius 3 is 2.70 bits per heavy atom. The van der Waals surface area contributed by atoms with E-state index in [1.54, 1.807) is 25.1 Å². The second kappa shape index (κ2) is 7.27. The van der Waals surface area contributed by atoms with Crippen LogP contribution < -0.4 is 4.74 Å². The first-order chi connectivity index (χ1) is 12.7. The van der Waals surface area contributed by atoms with Gasteiger partial charge in [-0.15, -0.1) is 23.4 Å². The fraction of sp³-hybridized carbons (Fsp3) is 0.250. The van der Waals surface area contributed by atoms with Crippen LogP contribution in [0.15, 0.2) is 36.4 Å². The Labute approximate surface area is 150 Å². The molecule has 0 radical (unpaired) electrons. The normalized spacial score (nSPS) is 12.8. The molecule has 11 heteroatoms. The van der Waals surface area contributed by atoms with Crippen LogP contribution in [0.4, 0.5) is 17.6 Å². The minimum Gasteiger partial charge on any atom is -0.406 e. The van der Waals surface area contributed by atoms with Crippen LogP contribution in [0.2, 0.25) is 0 Å². The van der Waals surface area contributed by atoms with Crippen molar-refractivity contribution >= 4 is 0 Å². The van der Waals surface area contributed by atoms with Crippen LogP contribution in [0.3, 0.4) is 0 Å². The molecule has 0 bridgehead atoms. The number of hydrogen-bond donors (Lipinski definition) is 1. The van der Waals surface area contributed by atoms with Gasteiger partial charge in [0.25, 0.3) is 0 Å². The number of rotatable bonds is 5. The van der Waals surface area contributed by atoms with Crippen molar-refractivity contribution < 1.29 is 27.4 Å². The molecular weight excluding hydrogens is 370 g/mol. The number of aliphatic hydroxyl groups excluding tert-OH is 1. The van der Waals surface area contributed by atoms with Crippen LogP contribution in [-0.4, -0.2) is 36.7 Å². The molecule has 0 fully saturated rings. The fourth-order valence-electron chi connectivity index (χ4n) is 2.24. The average Bonchev–Trinajstić information content (AvgIpc) is 3.05. The lowest BCUT2D eigenvalue weighted by Gasteiger charge is -2.10. The number of ether oxygens (including phenoxy) is 1. The van der Waals surface area contributed by atoms with Gasteiger partial charge in [0.05, 0.1) is 18.3 Å². The van der Waals surface area contributed by atoms with Gasteiger partial charge in [-0.1, -0.05) is 6.07 Å². The highest BCUT2D eigenvalue weighted by molar-refractivity contribution is 5.47. The third-order valence-corrected chi connectivity index (χ3v) is 3.44. The molecule has 0 aliphatic heterocycles. The zero-order valence-corrected chi connectivity index (χ0v) is 13.9. The first-order valence-electron chi connectivity index (χ1n) is 7.68. The number of tetrazole rings is 1. The number of benzene rings is 1. The highest BCUT2D eigenvalue weighted by Crippen LogP contribution is 2.25. The SMILES string of the molecule is CC(O)c1cccc(-c2nnn(Cc3cc(OC(F)(F)F)ccc3F)n2)n1. The average molecular weight is 383 g/mol. The van der Waals surface area contributed by atoms with Crippen LogP contribution in [0, 0.1) is 5.82 Å². The molecule has 1 N–H and O–H groups in total. The van der Waals surface area contributed by atoms with E-state index < -0.39 is 24.0 Å². The number of pyridine rings is 1. The van der Waals surface area contributed by atoms with E-state index in [-0.39, 0.29) is 17.9 Å². The van der Waals surface area contributed by atoms with Crippen LogP contribution in [0.5, 0.6) is 5.75 Å². The standard InChI is InChI=1S/C16H13F4N5O2/c1-9(26)13-3-2-4-14(21-13)15-22-24-25(23-15)8-10-7-11(5-6-12(10)17)27-16(18,19)20/h2-7,9,26H,8H2,1H3. The van der Waals surface area contributed by atoms with Gasteiger partial charge in [-0.2, -0.15) is 4.80 Å². The molecule has 0 saturated heterocycles. The highest BCUT2D eigenvalue weighted by Gasteiger charge is 2.31. The molecule has 1 aromatic carbocycles. The van der Waals surface area contributed by atoms with E-state index in [2.05, 4.69) is 25.1 Å². The lowest BCUT2D eigenvalue weighted by atomic mass is 10.2. The molecule has 0 aliphatic carbocycles. The molecule has 142 valence electrons. The van der Waals surface area contributed by atoms with Gasteiger partial charge in [-0.05, 0) is 42.5 Å². The summed E-state index contributed by atoms with van der Waals surface area (Å²) in [6.07, 6.45) is -5.67. The number of nitrogens with zero attached hydrogens (tertiary/aromatic N) is 5. The molecule has 0 spiro atoms. The minimum atomic E-state index is -4.88. The molecule has 0 saturated carbocycles. The summed E-state index contributed by atoms with van der Waals surface area (Å²) < 4.78 is 54.6. The van der Waals surface area contributed by atoms with Gasteiger partial charge in [0.2, 0.25) is 5.82 Å². The Morgan fingerprint density at radius 1 is 1.22 bits per heavy atom. The van der Waals surface area contributed by atoms with E-state index in [4.69, 9.17) is 0 Å². The molecule has 1 unspecified atom stereocenters. The molecule has 2 heterocycles. The summed E-state index contributed by atoms with van der Waals surface area (Å²) in [7, 11) is 0. The van der Waals surface area contributed by atoms with Crippen molar-refractivity contribution in [2.45, 2.75) is 25.9 Å². The Balaban J connectivity index is 1.82. The maximum absolute atomic E-state index is 13.9. The van der Waals surface area contributed by atoms with Gasteiger partial charge in [0, 0.05) is 5.56 Å². The van der Waals surface area contributed by atoms with Crippen LogP contribution in [0.25, 0.3) is 11.5 Å². The number of halogens is 4. The first-order valence-corrected chi connectivity index (χ1v) is 7.68. The summed E-state index contributed by atoms with van der Waals surface area (Å²) in [4.78, 5) is 5.20. The van der Waals surface area contributed by atoms with Crippen LogP contribution in [0.1, 0.15) is 24.3 Å². The molecule has 0 aliphatic rings. The van der Waals surface area contributed by atoms with Gasteiger partial charge in [-0.25, -0.2) is 9.37 Å². The lowest BCUT2D eigenvalue weighted by Crippen LogP contribution is -2.17. The van der Waals surface area contributed by atoms with E-state index in [1.165, 1.54) is 0 Å². The Bertz CT molecular complexity index is 943. The van der Waals surface area contributed by atoms with E-state index in [9.17, 15) is 22.7 Å². The van der Waals surface area contributed by atoms with Crippen molar-refractivity contribution in [3.05, 3.63) is 53.5 Å². The van der Waals surface area contributed by atoms with Crippen molar-refractivity contribution in [2.75, 3.05) is 0 Å². The number of aliphatic hydroxyl groups is 1. The molecule has 7 nitrogen and oxygen atoms in total. The summed E-state index contributed by atoms with van der Waals surface area (Å²) in [6.45, 7) is 1.29. The van der Waals surface area contributed by atoms with Crippen molar-refractivity contribution in [3.63, 3.8) is 0 Å². The minimum absolute atomic E-state index is 0.105. The molecule has 3 aromatic rings. The van der Waals surface area contributed by atoms with Crippen molar-refractivity contribution in [2.24, 2.45) is 0 Å². The maximum atomic E-state index is 13.9. The monoisotopic (exact) mass is 383 g/mol. The summed E-state index contributed by atoms with van der Waals surface area (Å²) in [5.41, 5.74) is 0.646. The van der Waals surface area contributed by atoms with E-state index in [1.807, 2.05) is 0 Å². The van der Waals surface area contributed by atoms with E-state index >= 15 is 0 Å². The zero-order valence-electron chi connectivity index (χ0n) is 13.9. The predicted molar refractivity (Wildman–Crippen MR) is 83.9 cm³/mol. The summed E-state index contributed by atoms with van der Waals surface area (Å²) in [6, 6.07) is 7.53. The summed E-state index contributed by atoms with van der Waals surface area (Å²) >= 11 is 0. The predicted octanol–water partition coefficient (Wildman–Crippen LogP) is 2.87. The van der Waals surface area contributed by atoms with Crippen molar-refractivity contribution in [1.82, 2.24) is 25.2 Å². The Hall–Kier alpha value is -3.08. The lowest BCUT2D eigenvalue weighted by molar-refractivity contribution is -0.274. The third-order valence-electron chi connectivity index (χ3n) is 3.44. The molecule has 3 rings (SSSR count). The molecule has 2 aromatic heterocycles. The molecule has 27 heavy (non-hydrogen) atoms. The van der Waals surface area contributed by atoms with E-state index in [0.717, 1.165) is 23.0 Å². The molecular formula is C16H13F4N5O2. The van der Waals surface area contributed by atoms with Gasteiger partial charge < -0.3 is 9.84 Å². The topological polar surface area (TPSA) is 86.0 Å². The second-order valence-electron chi connectivity index (χ2n) is 5.57. The summed E-state index contributed by atoms with van der Waals surface area (Å²) in [5.74, 6) is -1.16. The van der Waals surface area contributed by atoms with Crippen molar-refractivity contribution in [3.8, 4) is 17.3 Å². The van der Waals surface area contributed by atoms with Gasteiger partial charge in [0.1, 0.15) is 17.3 Å². The van der Waals surface area contributed by atoms with Gasteiger partial charge in [0.15, 0.2) is 0 Å². The third kappa shape index (κ3) is 4.76. The maximum Gasteiger partial charge on any atom is 0.573 e. The van der Waals surface area contributed by atoms with E-state index in [0.29, 0.717) is 11.4 Å². The quantitative estimate of drug-likeness (QED) is 0.682. The number of alkyl halides is 3. The van der Waals surface area contributed by atoms with Crippen LogP contribution in [-0.2, 0) is 6.54 Å². The highest BCUT2D eigenvalue weighted by atomic mass is 19.4. The smallest absolute Gasteiger partial charge is 0.406 e. The van der Waals surface area contributed by atoms with Crippen molar-refractivity contribution in [1.29, 1.82) is 0 Å². The van der Waals surface area contributed by atoms with Crippen LogP contribution >= 0.6 is 0 Å². The van der Waals surface area contributed by atoms with Gasteiger partial charge in [-0.3, -0.25) is 0 Å².